The first-order valence-corrected chi connectivity index (χ1v) is 8.02. The zero-order chi connectivity index (χ0) is 12.1. The van der Waals surface area contributed by atoms with Gasteiger partial charge in [0.05, 0.1) is 12.7 Å². The second kappa shape index (κ2) is 7.07. The zero-order valence-corrected chi connectivity index (χ0v) is 12.5. The lowest BCUT2D eigenvalue weighted by Gasteiger charge is -2.36. The van der Waals surface area contributed by atoms with Crippen molar-refractivity contribution < 1.29 is 4.74 Å². The maximum Gasteiger partial charge on any atom is 0.0829 e. The lowest BCUT2D eigenvalue weighted by atomic mass is 10.1. The Morgan fingerprint density at radius 3 is 2.88 bits per heavy atom. The van der Waals surface area contributed by atoms with Crippen molar-refractivity contribution in [3.05, 3.63) is 0 Å². The van der Waals surface area contributed by atoms with Crippen LogP contribution in [0.2, 0.25) is 0 Å². The molecule has 2 aliphatic heterocycles. The predicted octanol–water partition coefficient (Wildman–Crippen LogP) is 1.96. The number of halogens is 1. The number of likely N-dealkylation sites (N-methyl/N-ethyl adjacent to an activating group) is 1. The van der Waals surface area contributed by atoms with E-state index >= 15 is 0 Å². The maximum atomic E-state index is 5.89. The van der Waals surface area contributed by atoms with E-state index in [0.29, 0.717) is 12.1 Å². The molecule has 0 amide bonds. The van der Waals surface area contributed by atoms with E-state index in [9.17, 15) is 0 Å². The Balaban J connectivity index is 1.85. The monoisotopic (exact) mass is 304 g/mol. The molecular weight excluding hydrogens is 280 g/mol. The third-order valence-electron chi connectivity index (χ3n) is 3.96. The molecule has 2 fully saturated rings. The molecule has 2 aliphatic rings. The van der Waals surface area contributed by atoms with Crippen molar-refractivity contribution in [3.63, 3.8) is 0 Å². The molecule has 0 aliphatic carbocycles. The molecule has 2 atom stereocenters. The van der Waals surface area contributed by atoms with Crippen LogP contribution in [0.5, 0.6) is 0 Å². The van der Waals surface area contributed by atoms with Crippen molar-refractivity contribution in [2.24, 2.45) is 0 Å². The summed E-state index contributed by atoms with van der Waals surface area (Å²) in [6, 6.07) is 0.716. The third kappa shape index (κ3) is 4.19. The van der Waals surface area contributed by atoms with Gasteiger partial charge in [0.1, 0.15) is 0 Å². The summed E-state index contributed by atoms with van der Waals surface area (Å²) < 4.78 is 5.89. The normalized spacial score (nSPS) is 33.5. The van der Waals surface area contributed by atoms with Gasteiger partial charge in [-0.25, -0.2) is 0 Å². The summed E-state index contributed by atoms with van der Waals surface area (Å²) in [6.45, 7) is 5.43. The number of ether oxygens (including phenoxy) is 1. The van der Waals surface area contributed by atoms with Crippen LogP contribution < -0.4 is 0 Å². The molecule has 2 unspecified atom stereocenters. The van der Waals surface area contributed by atoms with Crippen LogP contribution in [0.15, 0.2) is 0 Å². The number of likely N-dealkylation sites (tertiary alicyclic amines) is 1. The number of rotatable bonds is 3. The molecule has 0 radical (unpaired) electrons. The fourth-order valence-corrected chi connectivity index (χ4v) is 3.62. The summed E-state index contributed by atoms with van der Waals surface area (Å²) in [6.07, 6.45) is 5.89. The molecule has 0 aromatic rings. The number of alkyl halides is 1. The molecule has 0 saturated carbocycles. The Bertz CT molecular complexity index is 227. The number of morpholine rings is 1. The topological polar surface area (TPSA) is 15.7 Å². The fourth-order valence-electron chi connectivity index (χ4n) is 2.89. The summed E-state index contributed by atoms with van der Waals surface area (Å²) in [5.41, 5.74) is 0. The lowest BCUT2D eigenvalue weighted by Crippen LogP contribution is -2.48. The Morgan fingerprint density at radius 1 is 1.24 bits per heavy atom. The largest absolute Gasteiger partial charge is 0.374 e. The SMILES string of the molecule is CN1CCOC(CN2CCCCCC2CBr)C1. The van der Waals surface area contributed by atoms with Gasteiger partial charge in [0.15, 0.2) is 0 Å². The van der Waals surface area contributed by atoms with Crippen LogP contribution in [0.4, 0.5) is 0 Å². The van der Waals surface area contributed by atoms with Crippen LogP contribution >= 0.6 is 15.9 Å². The first kappa shape index (κ1) is 13.8. The average Bonchev–Trinajstić information content (AvgIpc) is 2.54. The fraction of sp³-hybridized carbons (Fsp3) is 1.00. The summed E-state index contributed by atoms with van der Waals surface area (Å²) in [5, 5.41) is 1.11. The van der Waals surface area contributed by atoms with E-state index in [0.717, 1.165) is 31.6 Å². The smallest absolute Gasteiger partial charge is 0.0829 e. The van der Waals surface area contributed by atoms with Crippen molar-refractivity contribution in [3.8, 4) is 0 Å². The Hall–Kier alpha value is 0.360. The summed E-state index contributed by atoms with van der Waals surface area (Å²) in [7, 11) is 2.19. The number of hydrogen-bond acceptors (Lipinski definition) is 3. The molecule has 4 heteroatoms. The van der Waals surface area contributed by atoms with Gasteiger partial charge in [0.25, 0.3) is 0 Å². The first-order valence-electron chi connectivity index (χ1n) is 6.89. The molecular formula is C13H25BrN2O. The highest BCUT2D eigenvalue weighted by molar-refractivity contribution is 9.09. The first-order chi connectivity index (χ1) is 8.29. The van der Waals surface area contributed by atoms with E-state index in [1.54, 1.807) is 0 Å². The third-order valence-corrected chi connectivity index (χ3v) is 4.70. The summed E-state index contributed by atoms with van der Waals surface area (Å²) >= 11 is 3.67. The predicted molar refractivity (Wildman–Crippen MR) is 74.9 cm³/mol. The van der Waals surface area contributed by atoms with Crippen LogP contribution in [-0.2, 0) is 4.74 Å². The average molecular weight is 305 g/mol. The highest BCUT2D eigenvalue weighted by Gasteiger charge is 2.25. The van der Waals surface area contributed by atoms with E-state index in [1.807, 2.05) is 0 Å². The van der Waals surface area contributed by atoms with Gasteiger partial charge in [-0.2, -0.15) is 0 Å². The van der Waals surface area contributed by atoms with Gasteiger partial charge in [-0.15, -0.1) is 0 Å². The number of nitrogens with zero attached hydrogens (tertiary/aromatic N) is 2. The van der Waals surface area contributed by atoms with Gasteiger partial charge in [-0.05, 0) is 26.4 Å². The molecule has 2 rings (SSSR count). The molecule has 0 spiro atoms. The second-order valence-electron chi connectivity index (χ2n) is 5.41. The quantitative estimate of drug-likeness (QED) is 0.741. The van der Waals surface area contributed by atoms with E-state index in [1.165, 1.54) is 32.2 Å². The summed E-state index contributed by atoms with van der Waals surface area (Å²) in [5.74, 6) is 0. The zero-order valence-electron chi connectivity index (χ0n) is 10.9. The van der Waals surface area contributed by atoms with Crippen LogP contribution in [0.3, 0.4) is 0 Å². The van der Waals surface area contributed by atoms with Gasteiger partial charge in [-0.1, -0.05) is 28.8 Å². The van der Waals surface area contributed by atoms with E-state index in [-0.39, 0.29) is 0 Å². The second-order valence-corrected chi connectivity index (χ2v) is 6.05. The molecule has 2 saturated heterocycles. The highest BCUT2D eigenvalue weighted by Crippen LogP contribution is 2.19. The van der Waals surface area contributed by atoms with Gasteiger partial charge in [-0.3, -0.25) is 4.90 Å². The molecule has 2 heterocycles. The van der Waals surface area contributed by atoms with E-state index in [2.05, 4.69) is 32.8 Å². The van der Waals surface area contributed by atoms with E-state index < -0.39 is 0 Å². The lowest BCUT2D eigenvalue weighted by molar-refractivity contribution is -0.0397. The molecule has 0 aromatic carbocycles. The Kier molecular flexibility index (Phi) is 5.74. The standard InChI is InChI=1S/C13H25BrN2O/c1-15-7-8-17-13(10-15)11-16-6-4-2-3-5-12(16)9-14/h12-13H,2-11H2,1H3. The Labute approximate surface area is 114 Å². The minimum absolute atomic E-state index is 0.411. The van der Waals surface area contributed by atoms with Crippen LogP contribution in [0.1, 0.15) is 25.7 Å². The number of hydrogen-bond donors (Lipinski definition) is 0. The van der Waals surface area contributed by atoms with Gasteiger partial charge < -0.3 is 9.64 Å². The van der Waals surface area contributed by atoms with E-state index in [4.69, 9.17) is 4.74 Å². The van der Waals surface area contributed by atoms with Crippen molar-refractivity contribution in [2.75, 3.05) is 45.2 Å². The highest BCUT2D eigenvalue weighted by atomic mass is 79.9. The van der Waals surface area contributed by atoms with Gasteiger partial charge >= 0.3 is 0 Å². The molecule has 3 nitrogen and oxygen atoms in total. The van der Waals surface area contributed by atoms with Crippen LogP contribution in [-0.4, -0.2) is 67.1 Å². The Morgan fingerprint density at radius 2 is 2.12 bits per heavy atom. The van der Waals surface area contributed by atoms with Crippen molar-refractivity contribution in [1.82, 2.24) is 9.80 Å². The molecule has 0 N–H and O–H groups in total. The minimum atomic E-state index is 0.411. The van der Waals surface area contributed by atoms with Crippen LogP contribution in [0, 0.1) is 0 Å². The van der Waals surface area contributed by atoms with Gasteiger partial charge in [0.2, 0.25) is 0 Å². The molecule has 0 aromatic heterocycles. The molecule has 0 bridgehead atoms. The van der Waals surface area contributed by atoms with Crippen molar-refractivity contribution in [2.45, 2.75) is 37.8 Å². The van der Waals surface area contributed by atoms with Crippen molar-refractivity contribution in [1.29, 1.82) is 0 Å². The maximum absolute atomic E-state index is 5.89. The summed E-state index contributed by atoms with van der Waals surface area (Å²) in [4.78, 5) is 5.03. The molecule has 17 heavy (non-hydrogen) atoms. The minimum Gasteiger partial charge on any atom is -0.374 e. The van der Waals surface area contributed by atoms with Gasteiger partial charge in [0, 0.05) is 31.0 Å². The van der Waals surface area contributed by atoms with Crippen LogP contribution in [0.25, 0.3) is 0 Å². The molecule has 100 valence electrons. The van der Waals surface area contributed by atoms with Crippen molar-refractivity contribution >= 4 is 15.9 Å².